The van der Waals surface area contributed by atoms with E-state index in [-0.39, 0.29) is 24.5 Å². The van der Waals surface area contributed by atoms with Crippen molar-refractivity contribution in [2.45, 2.75) is 239 Å². The number of nitrogens with zero attached hydrogens (tertiary/aromatic N) is 1. The third-order valence-electron chi connectivity index (χ3n) is 11.6. The third kappa shape index (κ3) is 29.2. The van der Waals surface area contributed by atoms with Gasteiger partial charge in [0.1, 0.15) is 0 Å². The first-order valence-electron chi connectivity index (χ1n) is 23.2. The van der Waals surface area contributed by atoms with E-state index in [9.17, 15) is 14.7 Å². The molecule has 2 atom stereocenters. The molecule has 0 aliphatic heterocycles. The highest BCUT2D eigenvalue weighted by Crippen LogP contribution is 2.26. The number of esters is 2. The molecule has 0 aromatic carbocycles. The lowest BCUT2D eigenvalue weighted by atomic mass is 9.91. The number of aliphatic hydroxyl groups excluding tert-OH is 1. The van der Waals surface area contributed by atoms with E-state index in [0.29, 0.717) is 38.0 Å². The molecule has 6 nitrogen and oxygen atoms in total. The van der Waals surface area contributed by atoms with Gasteiger partial charge in [0.05, 0.1) is 19.8 Å². The summed E-state index contributed by atoms with van der Waals surface area (Å²) in [6.07, 6.45) is 39.4. The second kappa shape index (κ2) is 36.8. The molecule has 2 unspecified atom stereocenters. The van der Waals surface area contributed by atoms with Crippen LogP contribution in [0.1, 0.15) is 233 Å². The molecule has 0 heterocycles. The third-order valence-corrected chi connectivity index (χ3v) is 11.6. The standard InChI is InChI=1S/C46H89NO5/c1-4-7-10-13-15-16-17-18-19-20-21-23-26-35-45(49)51-40-43(32-27-28-36-47(37-38-48)44-33-29-34-44)41-52-46(50)39-42(30-24-12-9-6-3)31-25-22-14-11-8-5-2/h42-44,48H,4-41H2,1-3H3. The maximum atomic E-state index is 13.2. The average molecular weight is 736 g/mol. The van der Waals surface area contributed by atoms with Gasteiger partial charge < -0.3 is 14.6 Å². The first kappa shape index (κ1) is 48.9. The highest BCUT2D eigenvalue weighted by atomic mass is 16.5. The van der Waals surface area contributed by atoms with Crippen molar-refractivity contribution in [3.05, 3.63) is 0 Å². The number of unbranched alkanes of at least 4 members (excludes halogenated alkanes) is 21. The van der Waals surface area contributed by atoms with Crippen molar-refractivity contribution < 1.29 is 24.2 Å². The van der Waals surface area contributed by atoms with Crippen molar-refractivity contribution in [1.82, 2.24) is 4.90 Å². The van der Waals surface area contributed by atoms with Crippen molar-refractivity contribution in [2.75, 3.05) is 32.9 Å². The lowest BCUT2D eigenvalue weighted by molar-refractivity contribution is -0.150. The predicted octanol–water partition coefficient (Wildman–Crippen LogP) is 12.9. The van der Waals surface area contributed by atoms with Gasteiger partial charge in [-0.15, -0.1) is 0 Å². The van der Waals surface area contributed by atoms with Crippen LogP contribution in [0.25, 0.3) is 0 Å². The van der Waals surface area contributed by atoms with Crippen LogP contribution in [0.15, 0.2) is 0 Å². The minimum atomic E-state index is -0.107. The molecule has 0 saturated heterocycles. The largest absolute Gasteiger partial charge is 0.465 e. The van der Waals surface area contributed by atoms with Gasteiger partial charge >= 0.3 is 11.9 Å². The zero-order valence-electron chi connectivity index (χ0n) is 35.1. The molecule has 6 heteroatoms. The molecule has 0 amide bonds. The Labute approximate surface area is 323 Å². The molecule has 52 heavy (non-hydrogen) atoms. The van der Waals surface area contributed by atoms with Gasteiger partial charge in [0, 0.05) is 31.3 Å². The molecule has 0 aromatic heterocycles. The molecule has 0 radical (unpaired) electrons. The Morgan fingerprint density at radius 3 is 1.44 bits per heavy atom. The number of aliphatic hydroxyl groups is 1. The topological polar surface area (TPSA) is 76.1 Å². The average Bonchev–Trinajstić information content (AvgIpc) is 3.11. The first-order valence-corrected chi connectivity index (χ1v) is 23.2. The normalized spacial score (nSPS) is 14.4. The zero-order chi connectivity index (χ0) is 37.7. The van der Waals surface area contributed by atoms with E-state index in [2.05, 4.69) is 25.7 Å². The molecule has 1 aliphatic carbocycles. The fraction of sp³-hybridized carbons (Fsp3) is 0.957. The second-order valence-corrected chi connectivity index (χ2v) is 16.5. The number of carbonyl (C=O) groups excluding carboxylic acids is 2. The van der Waals surface area contributed by atoms with Gasteiger partial charge in [-0.2, -0.15) is 0 Å². The van der Waals surface area contributed by atoms with Crippen LogP contribution in [0.5, 0.6) is 0 Å². The van der Waals surface area contributed by atoms with Crippen LogP contribution < -0.4 is 0 Å². The van der Waals surface area contributed by atoms with Gasteiger partial charge in [0.2, 0.25) is 0 Å². The molecular formula is C46H89NO5. The highest BCUT2D eigenvalue weighted by molar-refractivity contribution is 5.70. The van der Waals surface area contributed by atoms with Crippen LogP contribution in [-0.4, -0.2) is 60.9 Å². The minimum Gasteiger partial charge on any atom is -0.465 e. The first-order chi connectivity index (χ1) is 25.5. The Morgan fingerprint density at radius 2 is 0.962 bits per heavy atom. The summed E-state index contributed by atoms with van der Waals surface area (Å²) in [6, 6.07) is 0.626. The maximum Gasteiger partial charge on any atom is 0.306 e. The Bertz CT molecular complexity index is 787. The Kier molecular flexibility index (Phi) is 34.6. The molecule has 0 spiro atoms. The lowest BCUT2D eigenvalue weighted by Gasteiger charge is -2.37. The van der Waals surface area contributed by atoms with E-state index in [1.165, 1.54) is 154 Å². The Hall–Kier alpha value is -1.14. The Morgan fingerprint density at radius 1 is 0.538 bits per heavy atom. The molecule has 1 saturated carbocycles. The molecule has 1 rings (SSSR count). The summed E-state index contributed by atoms with van der Waals surface area (Å²) in [5.74, 6) is 0.269. The summed E-state index contributed by atoms with van der Waals surface area (Å²) in [5.41, 5.74) is 0. The fourth-order valence-corrected chi connectivity index (χ4v) is 7.82. The zero-order valence-corrected chi connectivity index (χ0v) is 35.1. The number of rotatable bonds is 40. The SMILES string of the molecule is CCCCCCCCCCCCCCCC(=O)OCC(CCCCN(CCO)C1CCC1)COC(=O)CC(CCCCCC)CCCCCCCC. The lowest BCUT2D eigenvalue weighted by Crippen LogP contribution is -2.42. The summed E-state index contributed by atoms with van der Waals surface area (Å²) in [6.45, 7) is 9.42. The molecule has 1 aliphatic rings. The van der Waals surface area contributed by atoms with Gasteiger partial charge in [0.15, 0.2) is 0 Å². The fourth-order valence-electron chi connectivity index (χ4n) is 7.82. The summed E-state index contributed by atoms with van der Waals surface area (Å²) in [4.78, 5) is 28.3. The number of carbonyl (C=O) groups is 2. The van der Waals surface area contributed by atoms with Gasteiger partial charge in [-0.1, -0.05) is 175 Å². The van der Waals surface area contributed by atoms with Gasteiger partial charge in [-0.05, 0) is 57.4 Å². The molecule has 0 aromatic rings. The van der Waals surface area contributed by atoms with E-state index in [4.69, 9.17) is 9.47 Å². The maximum absolute atomic E-state index is 13.2. The highest BCUT2D eigenvalue weighted by Gasteiger charge is 2.24. The van der Waals surface area contributed by atoms with E-state index >= 15 is 0 Å². The van der Waals surface area contributed by atoms with E-state index in [1.807, 2.05) is 0 Å². The van der Waals surface area contributed by atoms with Crippen molar-refractivity contribution in [3.63, 3.8) is 0 Å². The summed E-state index contributed by atoms with van der Waals surface area (Å²) in [5, 5.41) is 9.55. The summed E-state index contributed by atoms with van der Waals surface area (Å²) >= 11 is 0. The van der Waals surface area contributed by atoms with Crippen LogP contribution >= 0.6 is 0 Å². The molecule has 0 bridgehead atoms. The summed E-state index contributed by atoms with van der Waals surface area (Å²) < 4.78 is 11.7. The minimum absolute atomic E-state index is 0.0381. The van der Waals surface area contributed by atoms with E-state index in [1.54, 1.807) is 0 Å². The monoisotopic (exact) mass is 736 g/mol. The molecular weight excluding hydrogens is 647 g/mol. The Balaban J connectivity index is 2.47. The van der Waals surface area contributed by atoms with Crippen LogP contribution in [0.3, 0.4) is 0 Å². The van der Waals surface area contributed by atoms with Gasteiger partial charge in [0.25, 0.3) is 0 Å². The summed E-state index contributed by atoms with van der Waals surface area (Å²) in [7, 11) is 0. The van der Waals surface area contributed by atoms with Gasteiger partial charge in [-0.25, -0.2) is 0 Å². The van der Waals surface area contributed by atoms with E-state index in [0.717, 1.165) is 58.0 Å². The van der Waals surface area contributed by atoms with E-state index < -0.39 is 0 Å². The number of hydrogen-bond donors (Lipinski definition) is 1. The predicted molar refractivity (Wildman–Crippen MR) is 221 cm³/mol. The van der Waals surface area contributed by atoms with Gasteiger partial charge in [-0.3, -0.25) is 14.5 Å². The number of ether oxygens (including phenoxy) is 2. The van der Waals surface area contributed by atoms with Crippen molar-refractivity contribution >= 4 is 11.9 Å². The molecule has 1 N–H and O–H groups in total. The molecule has 308 valence electrons. The van der Waals surface area contributed by atoms with Crippen molar-refractivity contribution in [3.8, 4) is 0 Å². The smallest absolute Gasteiger partial charge is 0.306 e. The number of hydrogen-bond acceptors (Lipinski definition) is 6. The van der Waals surface area contributed by atoms with Crippen LogP contribution in [0, 0.1) is 11.8 Å². The van der Waals surface area contributed by atoms with Crippen molar-refractivity contribution in [1.29, 1.82) is 0 Å². The molecule has 1 fully saturated rings. The second-order valence-electron chi connectivity index (χ2n) is 16.5. The van der Waals surface area contributed by atoms with Crippen LogP contribution in [0.4, 0.5) is 0 Å². The quantitative estimate of drug-likeness (QED) is 0.0499. The van der Waals surface area contributed by atoms with Crippen LogP contribution in [-0.2, 0) is 19.1 Å². The van der Waals surface area contributed by atoms with Crippen molar-refractivity contribution in [2.24, 2.45) is 11.8 Å². The van der Waals surface area contributed by atoms with Crippen LogP contribution in [0.2, 0.25) is 0 Å².